The molecule has 0 radical (unpaired) electrons. The van der Waals surface area contributed by atoms with Gasteiger partial charge in [0.25, 0.3) is 0 Å². The van der Waals surface area contributed by atoms with Gasteiger partial charge in [0.05, 0.1) is 5.60 Å². The highest BCUT2D eigenvalue weighted by Crippen LogP contribution is 2.29. The Kier molecular flexibility index (Phi) is 2.01. The maximum Gasteiger partial charge on any atom is 0.0651 e. The zero-order valence-electron chi connectivity index (χ0n) is 7.94. The largest absolute Gasteiger partial charge is 0.390 e. The lowest BCUT2D eigenvalue weighted by molar-refractivity contribution is -0.0191. The predicted molar refractivity (Wildman–Crippen MR) is 46.5 cm³/mol. The average Bonchev–Trinajstić information content (AvgIpc) is 1.49. The fraction of sp³-hybridized carbons (Fsp3) is 1.00. The quantitative estimate of drug-likeness (QED) is 0.555. The van der Waals surface area contributed by atoms with Crippen LogP contribution in [0.25, 0.3) is 0 Å². The highest BCUT2D eigenvalue weighted by Gasteiger charge is 2.37. The Balaban J connectivity index is 2.66. The smallest absolute Gasteiger partial charge is 0.0651 e. The van der Waals surface area contributed by atoms with Crippen LogP contribution in [0.4, 0.5) is 0 Å². The maximum atomic E-state index is 9.84. The van der Waals surface area contributed by atoms with Gasteiger partial charge in [-0.15, -0.1) is 0 Å². The second-order valence-electron chi connectivity index (χ2n) is 4.81. The van der Waals surface area contributed by atoms with Crippen molar-refractivity contribution >= 4 is 0 Å². The van der Waals surface area contributed by atoms with E-state index in [1.807, 2.05) is 6.92 Å². The number of hydrogen-bond donors (Lipinski definition) is 2. The van der Waals surface area contributed by atoms with Gasteiger partial charge in [0.2, 0.25) is 0 Å². The van der Waals surface area contributed by atoms with Gasteiger partial charge in [0.1, 0.15) is 0 Å². The molecule has 0 aromatic heterocycles. The number of hydrogen-bond acceptors (Lipinski definition) is 2. The van der Waals surface area contributed by atoms with Crippen molar-refractivity contribution in [3.63, 3.8) is 0 Å². The summed E-state index contributed by atoms with van der Waals surface area (Å²) in [5.41, 5.74) is -0.394. The van der Waals surface area contributed by atoms with Gasteiger partial charge >= 0.3 is 0 Å². The van der Waals surface area contributed by atoms with E-state index >= 15 is 0 Å². The molecule has 11 heavy (non-hydrogen) atoms. The van der Waals surface area contributed by atoms with Crippen LogP contribution in [0, 0.1) is 0 Å². The molecule has 2 atom stereocenters. The minimum Gasteiger partial charge on any atom is -0.390 e. The summed E-state index contributed by atoms with van der Waals surface area (Å²) in [4.78, 5) is 0. The summed E-state index contributed by atoms with van der Waals surface area (Å²) in [6.07, 6.45) is 1.70. The standard InChI is InChI=1S/C9H19NO/c1-7-5-9(4,11)6-8(2,3)10-7/h7,10-11H,5-6H2,1-4H3. The summed E-state index contributed by atoms with van der Waals surface area (Å²) in [5.74, 6) is 0. The molecule has 1 heterocycles. The van der Waals surface area contributed by atoms with E-state index in [1.165, 1.54) is 0 Å². The predicted octanol–water partition coefficient (Wildman–Crippen LogP) is 1.29. The lowest BCUT2D eigenvalue weighted by Crippen LogP contribution is -2.56. The summed E-state index contributed by atoms with van der Waals surface area (Å²) in [6, 6.07) is 0.425. The molecular formula is C9H19NO. The summed E-state index contributed by atoms with van der Waals surface area (Å²) < 4.78 is 0. The highest BCUT2D eigenvalue weighted by molar-refractivity contribution is 4.96. The van der Waals surface area contributed by atoms with E-state index in [1.54, 1.807) is 0 Å². The molecule has 0 amide bonds. The molecule has 1 saturated heterocycles. The van der Waals surface area contributed by atoms with Crippen LogP contribution in [0.3, 0.4) is 0 Å². The van der Waals surface area contributed by atoms with Crippen molar-refractivity contribution < 1.29 is 5.11 Å². The second-order valence-corrected chi connectivity index (χ2v) is 4.81. The fourth-order valence-corrected chi connectivity index (χ4v) is 2.45. The molecule has 0 bridgehead atoms. The molecule has 1 aliphatic heterocycles. The third-order valence-corrected chi connectivity index (χ3v) is 2.21. The Morgan fingerprint density at radius 2 is 1.91 bits per heavy atom. The molecule has 0 aromatic rings. The zero-order chi connectivity index (χ0) is 8.70. The van der Waals surface area contributed by atoms with Crippen molar-refractivity contribution in [1.29, 1.82) is 0 Å². The van der Waals surface area contributed by atoms with E-state index in [0.717, 1.165) is 12.8 Å². The molecule has 2 N–H and O–H groups in total. The first-order valence-electron chi connectivity index (χ1n) is 4.31. The van der Waals surface area contributed by atoms with Crippen LogP contribution in [0.15, 0.2) is 0 Å². The molecule has 0 aliphatic carbocycles. The minimum absolute atomic E-state index is 0.0845. The maximum absolute atomic E-state index is 9.84. The van der Waals surface area contributed by atoms with Crippen LogP contribution in [-0.2, 0) is 0 Å². The first kappa shape index (κ1) is 9.01. The molecule has 0 spiro atoms. The third-order valence-electron chi connectivity index (χ3n) is 2.21. The first-order valence-corrected chi connectivity index (χ1v) is 4.31. The molecule has 1 fully saturated rings. The Morgan fingerprint density at radius 1 is 1.36 bits per heavy atom. The van der Waals surface area contributed by atoms with Gasteiger partial charge in [-0.25, -0.2) is 0 Å². The molecule has 1 rings (SSSR count). The topological polar surface area (TPSA) is 32.3 Å². The van der Waals surface area contributed by atoms with E-state index in [0.29, 0.717) is 6.04 Å². The normalized spacial score (nSPS) is 43.9. The van der Waals surface area contributed by atoms with Gasteiger partial charge < -0.3 is 10.4 Å². The number of nitrogens with one attached hydrogen (secondary N) is 1. The van der Waals surface area contributed by atoms with Crippen LogP contribution in [0.2, 0.25) is 0 Å². The van der Waals surface area contributed by atoms with E-state index in [9.17, 15) is 5.11 Å². The Bertz CT molecular complexity index is 136. The van der Waals surface area contributed by atoms with E-state index in [4.69, 9.17) is 0 Å². The average molecular weight is 157 g/mol. The first-order chi connectivity index (χ1) is 4.81. The van der Waals surface area contributed by atoms with Crippen molar-refractivity contribution in [1.82, 2.24) is 5.32 Å². The van der Waals surface area contributed by atoms with Crippen molar-refractivity contribution in [2.24, 2.45) is 0 Å². The monoisotopic (exact) mass is 157 g/mol. The Hall–Kier alpha value is -0.0800. The number of aliphatic hydroxyl groups is 1. The zero-order valence-corrected chi connectivity index (χ0v) is 7.94. The molecular weight excluding hydrogens is 138 g/mol. The highest BCUT2D eigenvalue weighted by atomic mass is 16.3. The van der Waals surface area contributed by atoms with Crippen molar-refractivity contribution in [2.45, 2.75) is 57.7 Å². The Labute approximate surface area is 69.0 Å². The summed E-state index contributed by atoms with van der Waals surface area (Å²) in [6.45, 7) is 8.32. The lowest BCUT2D eigenvalue weighted by Gasteiger charge is -2.43. The lowest BCUT2D eigenvalue weighted by atomic mass is 9.79. The number of rotatable bonds is 0. The van der Waals surface area contributed by atoms with Gasteiger partial charge in [0, 0.05) is 11.6 Å². The molecule has 2 nitrogen and oxygen atoms in total. The van der Waals surface area contributed by atoms with Crippen molar-refractivity contribution in [3.8, 4) is 0 Å². The van der Waals surface area contributed by atoms with Gasteiger partial charge in [0.15, 0.2) is 0 Å². The van der Waals surface area contributed by atoms with Crippen molar-refractivity contribution in [2.75, 3.05) is 0 Å². The van der Waals surface area contributed by atoms with E-state index in [2.05, 4.69) is 26.1 Å². The van der Waals surface area contributed by atoms with E-state index in [-0.39, 0.29) is 5.54 Å². The fourth-order valence-electron chi connectivity index (χ4n) is 2.45. The van der Waals surface area contributed by atoms with Crippen LogP contribution in [-0.4, -0.2) is 22.3 Å². The molecule has 0 saturated carbocycles. The van der Waals surface area contributed by atoms with E-state index < -0.39 is 5.60 Å². The van der Waals surface area contributed by atoms with Crippen molar-refractivity contribution in [3.05, 3.63) is 0 Å². The van der Waals surface area contributed by atoms with Gasteiger partial charge in [-0.2, -0.15) is 0 Å². The third kappa shape index (κ3) is 2.46. The molecule has 66 valence electrons. The van der Waals surface area contributed by atoms with Crippen LogP contribution in [0.5, 0.6) is 0 Å². The van der Waals surface area contributed by atoms with Gasteiger partial charge in [-0.3, -0.25) is 0 Å². The van der Waals surface area contributed by atoms with Gasteiger partial charge in [-0.05, 0) is 40.5 Å². The SMILES string of the molecule is CC1CC(C)(O)CC(C)(C)N1. The van der Waals surface area contributed by atoms with Crippen LogP contribution < -0.4 is 5.32 Å². The summed E-state index contributed by atoms with van der Waals surface area (Å²) in [5, 5.41) is 13.3. The summed E-state index contributed by atoms with van der Waals surface area (Å²) >= 11 is 0. The number of piperidine rings is 1. The van der Waals surface area contributed by atoms with Crippen LogP contribution in [0.1, 0.15) is 40.5 Å². The molecule has 1 aliphatic rings. The van der Waals surface area contributed by atoms with Gasteiger partial charge in [-0.1, -0.05) is 0 Å². The second kappa shape index (κ2) is 2.46. The molecule has 2 unspecified atom stereocenters. The Morgan fingerprint density at radius 3 is 2.27 bits per heavy atom. The minimum atomic E-state index is -0.478. The molecule has 0 aromatic carbocycles. The molecule has 2 heteroatoms. The van der Waals surface area contributed by atoms with Crippen LogP contribution >= 0.6 is 0 Å². The summed E-state index contributed by atoms with van der Waals surface area (Å²) in [7, 11) is 0.